The molecule has 8 atom stereocenters. The zero-order valence-electron chi connectivity index (χ0n) is 22.2. The number of nitroso groups, excluding NO2 is 1. The first-order chi connectivity index (χ1) is 17.3. The quantitative estimate of drug-likeness (QED) is 0.254. The highest BCUT2D eigenvalue weighted by Gasteiger charge is 2.64. The first-order valence-electron chi connectivity index (χ1n) is 13.1. The summed E-state index contributed by atoms with van der Waals surface area (Å²) < 4.78 is 18.3. The SMILES string of the molecule is C[C@@H]1CC2C3CCC4=CC(=O)C=CC4(C)C3C(N=O)CC2(C)C1C(=O)SCC#COC(=O)CC(C)(C)F. The third-order valence-corrected chi connectivity index (χ3v) is 10.1. The minimum atomic E-state index is -1.67. The second-order valence-corrected chi connectivity index (χ2v) is 13.3. The zero-order valence-corrected chi connectivity index (χ0v) is 23.0. The van der Waals surface area contributed by atoms with E-state index in [2.05, 4.69) is 38.0 Å². The third kappa shape index (κ3) is 5.21. The van der Waals surface area contributed by atoms with E-state index in [9.17, 15) is 23.7 Å². The van der Waals surface area contributed by atoms with E-state index in [1.165, 1.54) is 13.8 Å². The van der Waals surface area contributed by atoms with E-state index in [0.717, 1.165) is 36.6 Å². The second kappa shape index (κ2) is 10.1. The van der Waals surface area contributed by atoms with Crippen LogP contribution in [-0.2, 0) is 19.1 Å². The van der Waals surface area contributed by atoms with E-state index < -0.39 is 17.7 Å². The van der Waals surface area contributed by atoms with Gasteiger partial charge in [0.1, 0.15) is 11.8 Å². The Bertz CT molecular complexity index is 1110. The Morgan fingerprint density at radius 2 is 2.05 bits per heavy atom. The maximum atomic E-state index is 13.5. The number of alkyl halides is 1. The average Bonchev–Trinajstić information content (AvgIpc) is 3.07. The number of ether oxygens (including phenoxy) is 1. The first-order valence-corrected chi connectivity index (χ1v) is 14.1. The van der Waals surface area contributed by atoms with Crippen LogP contribution in [0.1, 0.15) is 66.7 Å². The molecule has 37 heavy (non-hydrogen) atoms. The number of allylic oxidation sites excluding steroid dienone is 4. The van der Waals surface area contributed by atoms with Gasteiger partial charge in [-0.25, -0.2) is 4.39 Å². The van der Waals surface area contributed by atoms with Crippen LogP contribution in [0.15, 0.2) is 29.0 Å². The number of carbonyl (C=O) groups is 3. The highest BCUT2D eigenvalue weighted by molar-refractivity contribution is 8.13. The Labute approximate surface area is 222 Å². The molecule has 8 heteroatoms. The van der Waals surface area contributed by atoms with Crippen LogP contribution in [-0.4, -0.2) is 34.3 Å². The summed E-state index contributed by atoms with van der Waals surface area (Å²) in [5.41, 5.74) is -1.27. The Hall–Kier alpha value is -2.27. The largest absolute Gasteiger partial charge is 0.372 e. The summed E-state index contributed by atoms with van der Waals surface area (Å²) in [6.07, 6.45) is 10.4. The van der Waals surface area contributed by atoms with Crippen molar-refractivity contribution >= 4 is 28.6 Å². The van der Waals surface area contributed by atoms with Gasteiger partial charge in [0.2, 0.25) is 0 Å². The molecule has 6 nitrogen and oxygen atoms in total. The number of halogens is 1. The van der Waals surface area contributed by atoms with Gasteiger partial charge in [0.15, 0.2) is 10.9 Å². The zero-order chi connectivity index (χ0) is 27.2. The van der Waals surface area contributed by atoms with E-state index in [1.54, 1.807) is 12.2 Å². The van der Waals surface area contributed by atoms with Crippen molar-refractivity contribution in [1.82, 2.24) is 0 Å². The molecule has 0 aromatic carbocycles. The summed E-state index contributed by atoms with van der Waals surface area (Å²) in [6, 6.07) is -0.428. The van der Waals surface area contributed by atoms with Crippen LogP contribution in [0, 0.1) is 57.4 Å². The van der Waals surface area contributed by atoms with Gasteiger partial charge in [-0.2, -0.15) is 4.91 Å². The van der Waals surface area contributed by atoms with Crippen molar-refractivity contribution in [2.45, 2.75) is 78.4 Å². The van der Waals surface area contributed by atoms with Crippen LogP contribution in [0.4, 0.5) is 4.39 Å². The summed E-state index contributed by atoms with van der Waals surface area (Å²) in [6.45, 7) is 8.99. The van der Waals surface area contributed by atoms with Crippen molar-refractivity contribution in [1.29, 1.82) is 0 Å². The number of hydrogen-bond donors (Lipinski definition) is 0. The van der Waals surface area contributed by atoms with Crippen LogP contribution in [0.5, 0.6) is 0 Å². The molecular weight excluding hydrogens is 493 g/mol. The summed E-state index contributed by atoms with van der Waals surface area (Å²) >= 11 is 1.11. The van der Waals surface area contributed by atoms with Gasteiger partial charge in [-0.15, -0.1) is 0 Å². The maximum Gasteiger partial charge on any atom is 0.322 e. The van der Waals surface area contributed by atoms with Crippen molar-refractivity contribution in [3.8, 4) is 12.0 Å². The van der Waals surface area contributed by atoms with Crippen LogP contribution < -0.4 is 0 Å². The first kappa shape index (κ1) is 27.8. The summed E-state index contributed by atoms with van der Waals surface area (Å²) in [5, 5.41) is 3.67. The number of thioether (sulfide) groups is 1. The lowest BCUT2D eigenvalue weighted by Crippen LogP contribution is -2.55. The minimum absolute atomic E-state index is 0.00322. The monoisotopic (exact) mass is 529 g/mol. The van der Waals surface area contributed by atoms with E-state index in [1.807, 2.05) is 6.08 Å². The van der Waals surface area contributed by atoms with Gasteiger partial charge in [-0.05, 0) is 80.8 Å². The highest BCUT2D eigenvalue weighted by atomic mass is 32.2. The minimum Gasteiger partial charge on any atom is -0.372 e. The van der Waals surface area contributed by atoms with Crippen LogP contribution in [0.25, 0.3) is 0 Å². The molecule has 0 amide bonds. The Morgan fingerprint density at radius 1 is 1.32 bits per heavy atom. The molecule has 0 aliphatic heterocycles. The van der Waals surface area contributed by atoms with Gasteiger partial charge in [-0.1, -0.05) is 49.4 Å². The Balaban J connectivity index is 1.48. The van der Waals surface area contributed by atoms with Gasteiger partial charge in [0.05, 0.1) is 18.2 Å². The highest BCUT2D eigenvalue weighted by Crippen LogP contribution is 2.68. The van der Waals surface area contributed by atoms with Crippen molar-refractivity contribution < 1.29 is 23.5 Å². The van der Waals surface area contributed by atoms with Gasteiger partial charge in [-0.3, -0.25) is 14.4 Å². The number of hydrogen-bond acceptors (Lipinski definition) is 7. The fourth-order valence-electron chi connectivity index (χ4n) is 8.00. The molecule has 4 aliphatic rings. The van der Waals surface area contributed by atoms with Gasteiger partial charge in [0.25, 0.3) is 0 Å². The number of nitrogens with zero attached hydrogens (tertiary/aromatic N) is 1. The fraction of sp³-hybridized carbons (Fsp3) is 0.690. The Kier molecular flexibility index (Phi) is 7.60. The van der Waals surface area contributed by atoms with Crippen molar-refractivity contribution in [3.05, 3.63) is 28.7 Å². The molecular formula is C29H36FNO5S. The predicted molar refractivity (Wildman–Crippen MR) is 141 cm³/mol. The number of fused-ring (bicyclic) bond motifs is 5. The molecule has 0 spiro atoms. The summed E-state index contributed by atoms with van der Waals surface area (Å²) in [4.78, 5) is 49.3. The maximum absolute atomic E-state index is 13.5. The molecule has 3 saturated carbocycles. The number of carbonyl (C=O) groups excluding carboxylic acids is 3. The third-order valence-electron chi connectivity index (χ3n) is 9.31. The molecule has 200 valence electrons. The summed E-state index contributed by atoms with van der Waals surface area (Å²) in [7, 11) is 0. The van der Waals surface area contributed by atoms with E-state index in [-0.39, 0.29) is 57.6 Å². The standard InChI is InChI=1S/C29H36FNO5S/c1-17-13-21-20-8-7-18-14-19(32)9-10-28(18,4)25(20)22(31-35)15-29(21,5)24(17)26(34)37-12-6-11-36-23(33)16-27(2,3)30/h9-10,14,17,20-22,24-25H,7-8,12-13,15-16H2,1-5H3/t17-,20?,21?,22?,24?,25?,28?,29?/m1/s1. The van der Waals surface area contributed by atoms with Crippen molar-refractivity contribution in [2.24, 2.45) is 45.6 Å². The molecule has 0 saturated heterocycles. The lowest BCUT2D eigenvalue weighted by molar-refractivity contribution is -0.139. The van der Waals surface area contributed by atoms with Crippen molar-refractivity contribution in [2.75, 3.05) is 5.75 Å². The molecule has 0 aromatic heterocycles. The van der Waals surface area contributed by atoms with Crippen LogP contribution in [0.2, 0.25) is 0 Å². The van der Waals surface area contributed by atoms with Gasteiger partial charge in [0, 0.05) is 17.3 Å². The summed E-state index contributed by atoms with van der Waals surface area (Å²) in [5.74, 6) is 2.62. The van der Waals surface area contributed by atoms with Crippen LogP contribution >= 0.6 is 11.8 Å². The molecule has 4 rings (SSSR count). The normalized spacial score (nSPS) is 38.3. The molecule has 0 radical (unpaired) electrons. The lowest BCUT2D eigenvalue weighted by Gasteiger charge is -2.58. The fourth-order valence-corrected chi connectivity index (χ4v) is 8.95. The molecule has 4 aliphatic carbocycles. The van der Waals surface area contributed by atoms with Crippen LogP contribution in [0.3, 0.4) is 0 Å². The molecule has 0 bridgehead atoms. The predicted octanol–water partition coefficient (Wildman–Crippen LogP) is 5.80. The van der Waals surface area contributed by atoms with Gasteiger partial charge >= 0.3 is 5.97 Å². The molecule has 0 aromatic rings. The lowest BCUT2D eigenvalue weighted by atomic mass is 9.46. The van der Waals surface area contributed by atoms with Gasteiger partial charge < -0.3 is 4.74 Å². The van der Waals surface area contributed by atoms with Crippen molar-refractivity contribution in [3.63, 3.8) is 0 Å². The molecule has 7 unspecified atom stereocenters. The molecule has 0 N–H and O–H groups in total. The average molecular weight is 530 g/mol. The molecule has 3 fully saturated rings. The smallest absolute Gasteiger partial charge is 0.322 e. The second-order valence-electron chi connectivity index (χ2n) is 12.4. The van der Waals surface area contributed by atoms with E-state index >= 15 is 0 Å². The van der Waals surface area contributed by atoms with E-state index in [0.29, 0.717) is 12.3 Å². The van der Waals surface area contributed by atoms with E-state index in [4.69, 9.17) is 4.74 Å². The Morgan fingerprint density at radius 3 is 2.73 bits per heavy atom. The number of rotatable bonds is 5. The number of esters is 1. The topological polar surface area (TPSA) is 89.9 Å². The molecule has 0 heterocycles. The number of ketones is 1.